The fraction of sp³-hybridized carbons (Fsp3) is 0.533. The summed E-state index contributed by atoms with van der Waals surface area (Å²) in [7, 11) is 2.92. The van der Waals surface area contributed by atoms with E-state index in [1.807, 2.05) is 13.0 Å². The van der Waals surface area contributed by atoms with Crippen molar-refractivity contribution in [3.8, 4) is 11.5 Å². The zero-order valence-electron chi connectivity index (χ0n) is 12.7. The number of methoxy groups -OCH3 is 2. The molecule has 0 saturated carbocycles. The lowest BCUT2D eigenvalue weighted by Gasteiger charge is -2.29. The first kappa shape index (κ1) is 16.3. The van der Waals surface area contributed by atoms with Crippen LogP contribution in [0.5, 0.6) is 11.5 Å². The Hall–Kier alpha value is -1.75. The lowest BCUT2D eigenvalue weighted by atomic mass is 9.81. The second kappa shape index (κ2) is 6.61. The summed E-state index contributed by atoms with van der Waals surface area (Å²) >= 11 is 0. The molecule has 0 saturated heterocycles. The second-order valence-corrected chi connectivity index (χ2v) is 5.03. The summed E-state index contributed by atoms with van der Waals surface area (Å²) in [6, 6.07) is 4.92. The molecular weight excluding hydrogens is 258 g/mol. The van der Waals surface area contributed by atoms with Crippen molar-refractivity contribution < 1.29 is 19.0 Å². The first-order valence-corrected chi connectivity index (χ1v) is 6.53. The maximum absolute atomic E-state index is 11.8. The highest BCUT2D eigenvalue weighted by Crippen LogP contribution is 2.36. The minimum atomic E-state index is -0.826. The van der Waals surface area contributed by atoms with Gasteiger partial charge in [-0.05, 0) is 38.5 Å². The van der Waals surface area contributed by atoms with Gasteiger partial charge in [0.1, 0.15) is 0 Å². The molecule has 0 radical (unpaired) electrons. The van der Waals surface area contributed by atoms with E-state index in [1.165, 1.54) is 7.11 Å². The molecule has 5 nitrogen and oxygen atoms in total. The Morgan fingerprint density at radius 3 is 2.45 bits per heavy atom. The summed E-state index contributed by atoms with van der Waals surface area (Å²) in [5, 5.41) is 0. The lowest BCUT2D eigenvalue weighted by Crippen LogP contribution is -2.37. The number of carbonyl (C=O) groups is 1. The highest BCUT2D eigenvalue weighted by atomic mass is 16.5. The maximum Gasteiger partial charge on any atom is 0.313 e. The normalized spacial score (nSPS) is 12.7. The van der Waals surface area contributed by atoms with Crippen LogP contribution in [0, 0.1) is 5.41 Å². The molecule has 2 N–H and O–H groups in total. The summed E-state index contributed by atoms with van der Waals surface area (Å²) in [4.78, 5) is 11.8. The molecule has 20 heavy (non-hydrogen) atoms. The molecule has 0 unspecified atom stereocenters. The van der Waals surface area contributed by atoms with Gasteiger partial charge in [-0.25, -0.2) is 0 Å². The molecular formula is C15H23NO4. The zero-order chi connectivity index (χ0) is 15.3. The van der Waals surface area contributed by atoms with Gasteiger partial charge in [0.05, 0.1) is 26.2 Å². The van der Waals surface area contributed by atoms with Crippen LogP contribution in [0.2, 0.25) is 0 Å². The molecule has 5 heteroatoms. The Morgan fingerprint density at radius 1 is 1.30 bits per heavy atom. The Kier molecular flexibility index (Phi) is 5.39. The molecule has 0 aliphatic heterocycles. The molecule has 0 bridgehead atoms. The lowest BCUT2D eigenvalue weighted by molar-refractivity contribution is -0.152. The Morgan fingerprint density at radius 2 is 1.95 bits per heavy atom. The van der Waals surface area contributed by atoms with Crippen LogP contribution >= 0.6 is 0 Å². The minimum absolute atomic E-state index is 0.349. The molecule has 0 aliphatic carbocycles. The number of hydrogen-bond donors (Lipinski definition) is 1. The predicted molar refractivity (Wildman–Crippen MR) is 76.9 cm³/mol. The molecule has 0 fully saturated rings. The highest BCUT2D eigenvalue weighted by molar-refractivity contribution is 5.77. The van der Waals surface area contributed by atoms with Gasteiger partial charge in [0.2, 0.25) is 0 Å². The highest BCUT2D eigenvalue weighted by Gasteiger charge is 2.36. The number of carbonyl (C=O) groups excluding carboxylic acids is 1. The fourth-order valence-corrected chi connectivity index (χ4v) is 1.96. The van der Waals surface area contributed by atoms with Crippen LogP contribution in [-0.2, 0) is 9.53 Å². The Balaban J connectivity index is 3.11. The van der Waals surface area contributed by atoms with Crippen LogP contribution in [0.25, 0.3) is 0 Å². The molecule has 112 valence electrons. The van der Waals surface area contributed by atoms with Gasteiger partial charge in [0, 0.05) is 6.04 Å². The summed E-state index contributed by atoms with van der Waals surface area (Å²) in [6.07, 6.45) is 0. The summed E-state index contributed by atoms with van der Waals surface area (Å²) in [6.45, 7) is 5.97. The van der Waals surface area contributed by atoms with Crippen LogP contribution in [-0.4, -0.2) is 26.8 Å². The minimum Gasteiger partial charge on any atom is -0.493 e. The van der Waals surface area contributed by atoms with Crippen LogP contribution in [0.4, 0.5) is 0 Å². The summed E-state index contributed by atoms with van der Waals surface area (Å²) in [5.41, 5.74) is 6.17. The van der Waals surface area contributed by atoms with Crippen molar-refractivity contribution in [3.63, 3.8) is 0 Å². The van der Waals surface area contributed by atoms with Crippen molar-refractivity contribution in [2.45, 2.75) is 26.8 Å². The fourth-order valence-electron chi connectivity index (χ4n) is 1.96. The smallest absolute Gasteiger partial charge is 0.313 e. The topological polar surface area (TPSA) is 70.8 Å². The monoisotopic (exact) mass is 281 g/mol. The molecule has 1 aromatic rings. The van der Waals surface area contributed by atoms with Crippen molar-refractivity contribution in [2.75, 3.05) is 20.8 Å². The van der Waals surface area contributed by atoms with E-state index in [0.29, 0.717) is 18.1 Å². The molecule has 0 amide bonds. The molecule has 0 heterocycles. The number of esters is 1. The molecule has 1 aromatic carbocycles. The average molecular weight is 281 g/mol. The molecule has 0 aromatic heterocycles. The van der Waals surface area contributed by atoms with Gasteiger partial charge in [0.25, 0.3) is 0 Å². The number of nitrogens with two attached hydrogens (primary N) is 1. The quantitative estimate of drug-likeness (QED) is 0.810. The van der Waals surface area contributed by atoms with E-state index in [-0.39, 0.29) is 5.97 Å². The summed E-state index contributed by atoms with van der Waals surface area (Å²) in [5.74, 6) is 0.903. The first-order valence-electron chi connectivity index (χ1n) is 6.53. The van der Waals surface area contributed by atoms with Gasteiger partial charge >= 0.3 is 5.97 Å². The van der Waals surface area contributed by atoms with E-state index in [4.69, 9.17) is 19.9 Å². The molecule has 1 rings (SSSR count). The molecule has 1 atom stereocenters. The van der Waals surface area contributed by atoms with Crippen LogP contribution in [0.15, 0.2) is 18.2 Å². The van der Waals surface area contributed by atoms with Gasteiger partial charge in [-0.2, -0.15) is 0 Å². The molecule has 0 spiro atoms. The SMILES string of the molecule is CCOc1ccc([C@H](N)C(C)(C)C(=O)OC)cc1OC. The van der Waals surface area contributed by atoms with Crippen molar-refractivity contribution in [1.29, 1.82) is 0 Å². The standard InChI is InChI=1S/C15H23NO4/c1-6-20-11-8-7-10(9-12(11)18-4)13(16)15(2,3)14(17)19-5/h7-9,13H,6,16H2,1-5H3/t13-/m0/s1. The first-order chi connectivity index (χ1) is 9.38. The maximum atomic E-state index is 11.8. The predicted octanol–water partition coefficient (Wildman–Crippen LogP) is 2.29. The third-order valence-corrected chi connectivity index (χ3v) is 3.34. The van der Waals surface area contributed by atoms with Crippen molar-refractivity contribution in [2.24, 2.45) is 11.1 Å². The largest absolute Gasteiger partial charge is 0.493 e. The number of benzene rings is 1. The zero-order valence-corrected chi connectivity index (χ0v) is 12.7. The van der Waals surface area contributed by atoms with Crippen LogP contribution in [0.1, 0.15) is 32.4 Å². The van der Waals surface area contributed by atoms with Crippen molar-refractivity contribution in [3.05, 3.63) is 23.8 Å². The number of ether oxygens (including phenoxy) is 3. The Bertz CT molecular complexity index is 471. The van der Waals surface area contributed by atoms with Crippen LogP contribution < -0.4 is 15.2 Å². The van der Waals surface area contributed by atoms with E-state index < -0.39 is 11.5 Å². The van der Waals surface area contributed by atoms with Gasteiger partial charge in [-0.3, -0.25) is 4.79 Å². The van der Waals surface area contributed by atoms with Crippen LogP contribution in [0.3, 0.4) is 0 Å². The van der Waals surface area contributed by atoms with E-state index >= 15 is 0 Å². The Labute approximate surface area is 120 Å². The third kappa shape index (κ3) is 3.22. The third-order valence-electron chi connectivity index (χ3n) is 3.34. The van der Waals surface area contributed by atoms with E-state index in [1.54, 1.807) is 33.1 Å². The van der Waals surface area contributed by atoms with E-state index in [0.717, 1.165) is 5.56 Å². The number of hydrogen-bond acceptors (Lipinski definition) is 5. The van der Waals surface area contributed by atoms with Gasteiger partial charge in [-0.1, -0.05) is 6.07 Å². The van der Waals surface area contributed by atoms with Gasteiger partial charge < -0.3 is 19.9 Å². The number of rotatable bonds is 6. The average Bonchev–Trinajstić information content (AvgIpc) is 2.46. The second-order valence-electron chi connectivity index (χ2n) is 5.03. The summed E-state index contributed by atoms with van der Waals surface area (Å²) < 4.78 is 15.6. The van der Waals surface area contributed by atoms with E-state index in [9.17, 15) is 4.79 Å². The van der Waals surface area contributed by atoms with Crippen molar-refractivity contribution in [1.82, 2.24) is 0 Å². The van der Waals surface area contributed by atoms with Gasteiger partial charge in [0.15, 0.2) is 11.5 Å². The van der Waals surface area contributed by atoms with Crippen molar-refractivity contribution >= 4 is 5.97 Å². The van der Waals surface area contributed by atoms with E-state index in [2.05, 4.69) is 0 Å². The van der Waals surface area contributed by atoms with Gasteiger partial charge in [-0.15, -0.1) is 0 Å². The molecule has 0 aliphatic rings.